The maximum atomic E-state index is 12.4. The number of methoxy groups -OCH3 is 1. The van der Waals surface area contributed by atoms with Crippen LogP contribution >= 0.6 is 0 Å². The predicted molar refractivity (Wildman–Crippen MR) is 103 cm³/mol. The first kappa shape index (κ1) is 18.1. The van der Waals surface area contributed by atoms with Gasteiger partial charge in [0.2, 0.25) is 5.88 Å². The second kappa shape index (κ2) is 8.16. The molecule has 3 aromatic rings. The Morgan fingerprint density at radius 3 is 2.82 bits per heavy atom. The van der Waals surface area contributed by atoms with Crippen LogP contribution in [0.1, 0.15) is 42.2 Å². The molecule has 0 unspecified atom stereocenters. The molecule has 0 radical (unpaired) electrons. The zero-order valence-electron chi connectivity index (χ0n) is 15.7. The largest absolute Gasteiger partial charge is 0.481 e. The summed E-state index contributed by atoms with van der Waals surface area (Å²) in [6.07, 6.45) is 10.9. The van der Waals surface area contributed by atoms with Gasteiger partial charge in [-0.25, -0.2) is 15.0 Å². The van der Waals surface area contributed by atoms with Gasteiger partial charge < -0.3 is 10.1 Å². The first-order valence-corrected chi connectivity index (χ1v) is 9.35. The number of ether oxygens (including phenoxy) is 1. The molecular formula is C20H22N6O2. The maximum absolute atomic E-state index is 12.4. The third-order valence-corrected chi connectivity index (χ3v) is 5.05. The van der Waals surface area contributed by atoms with Gasteiger partial charge in [-0.3, -0.25) is 9.48 Å². The van der Waals surface area contributed by atoms with E-state index in [1.54, 1.807) is 24.4 Å². The van der Waals surface area contributed by atoms with Crippen molar-refractivity contribution in [3.63, 3.8) is 0 Å². The number of nitrogens with one attached hydrogen (secondary N) is 1. The van der Waals surface area contributed by atoms with E-state index in [0.29, 0.717) is 17.6 Å². The van der Waals surface area contributed by atoms with E-state index in [0.717, 1.165) is 36.9 Å². The van der Waals surface area contributed by atoms with Crippen LogP contribution in [0.3, 0.4) is 0 Å². The monoisotopic (exact) mass is 378 g/mol. The standard InChI is InChI=1S/C20H22N6O2/c1-28-19-4-2-3-18(25-19)20(27)24-15-5-7-16(8-6-15)26-12-14(11-23-26)17-9-10-21-13-22-17/h2-4,9-13,15-16H,5-8H2,1H3,(H,24,27). The van der Waals surface area contributed by atoms with Crippen LogP contribution in [0, 0.1) is 0 Å². The summed E-state index contributed by atoms with van der Waals surface area (Å²) >= 11 is 0. The second-order valence-electron chi connectivity index (χ2n) is 6.85. The SMILES string of the molecule is COc1cccc(C(=O)NC2CCC(n3cc(-c4ccncn4)cn3)CC2)n1. The van der Waals surface area contributed by atoms with Gasteiger partial charge in [-0.05, 0) is 37.8 Å². The van der Waals surface area contributed by atoms with Gasteiger partial charge in [0.25, 0.3) is 5.91 Å². The lowest BCUT2D eigenvalue weighted by atomic mass is 9.91. The summed E-state index contributed by atoms with van der Waals surface area (Å²) in [5.41, 5.74) is 2.23. The van der Waals surface area contributed by atoms with Crippen molar-refractivity contribution in [1.82, 2.24) is 30.0 Å². The van der Waals surface area contributed by atoms with Gasteiger partial charge in [0, 0.05) is 30.1 Å². The predicted octanol–water partition coefficient (Wildman–Crippen LogP) is 2.66. The highest BCUT2D eigenvalue weighted by Crippen LogP contribution is 2.29. The average Bonchev–Trinajstić information content (AvgIpc) is 3.25. The molecule has 0 aromatic carbocycles. The lowest BCUT2D eigenvalue weighted by Crippen LogP contribution is -2.38. The molecule has 0 aliphatic heterocycles. The number of amides is 1. The zero-order valence-corrected chi connectivity index (χ0v) is 15.7. The smallest absolute Gasteiger partial charge is 0.270 e. The first-order valence-electron chi connectivity index (χ1n) is 9.35. The molecule has 8 nitrogen and oxygen atoms in total. The molecule has 3 heterocycles. The third kappa shape index (κ3) is 4.00. The normalized spacial score (nSPS) is 19.2. The summed E-state index contributed by atoms with van der Waals surface area (Å²) in [7, 11) is 1.54. The molecule has 1 amide bonds. The highest BCUT2D eigenvalue weighted by Gasteiger charge is 2.25. The Balaban J connectivity index is 1.33. The van der Waals surface area contributed by atoms with E-state index >= 15 is 0 Å². The van der Waals surface area contributed by atoms with Crippen molar-refractivity contribution in [1.29, 1.82) is 0 Å². The highest BCUT2D eigenvalue weighted by atomic mass is 16.5. The van der Waals surface area contributed by atoms with Gasteiger partial charge >= 0.3 is 0 Å². The van der Waals surface area contributed by atoms with Crippen LogP contribution in [0.25, 0.3) is 11.3 Å². The quantitative estimate of drug-likeness (QED) is 0.733. The fourth-order valence-corrected chi connectivity index (χ4v) is 3.53. The molecule has 0 bridgehead atoms. The first-order chi connectivity index (χ1) is 13.7. The fraction of sp³-hybridized carbons (Fsp3) is 0.350. The number of carbonyl (C=O) groups is 1. The lowest BCUT2D eigenvalue weighted by molar-refractivity contribution is 0.0915. The number of hydrogen-bond donors (Lipinski definition) is 1. The van der Waals surface area contributed by atoms with Crippen LogP contribution in [0.2, 0.25) is 0 Å². The van der Waals surface area contributed by atoms with Crippen molar-refractivity contribution in [2.75, 3.05) is 7.11 Å². The molecule has 1 saturated carbocycles. The van der Waals surface area contributed by atoms with Crippen molar-refractivity contribution in [3.8, 4) is 17.1 Å². The zero-order chi connectivity index (χ0) is 19.3. The number of hydrogen-bond acceptors (Lipinski definition) is 6. The minimum atomic E-state index is -0.160. The van der Waals surface area contributed by atoms with E-state index in [-0.39, 0.29) is 11.9 Å². The Bertz CT molecular complexity index is 935. The minimum absolute atomic E-state index is 0.147. The molecule has 4 rings (SSSR count). The summed E-state index contributed by atoms with van der Waals surface area (Å²) in [5, 5.41) is 7.60. The lowest BCUT2D eigenvalue weighted by Gasteiger charge is -2.29. The van der Waals surface area contributed by atoms with Gasteiger partial charge in [0.05, 0.1) is 25.0 Å². The summed E-state index contributed by atoms with van der Waals surface area (Å²) < 4.78 is 7.10. The van der Waals surface area contributed by atoms with Gasteiger partial charge in [-0.2, -0.15) is 5.10 Å². The third-order valence-electron chi connectivity index (χ3n) is 5.05. The Morgan fingerprint density at radius 1 is 1.21 bits per heavy atom. The number of nitrogens with zero attached hydrogens (tertiary/aromatic N) is 5. The van der Waals surface area contributed by atoms with E-state index in [2.05, 4.69) is 25.4 Å². The molecule has 1 aliphatic carbocycles. The Kier molecular flexibility index (Phi) is 5.27. The molecule has 1 fully saturated rings. The maximum Gasteiger partial charge on any atom is 0.270 e. The molecule has 1 N–H and O–H groups in total. The Morgan fingerprint density at radius 2 is 2.07 bits per heavy atom. The number of aromatic nitrogens is 5. The van der Waals surface area contributed by atoms with E-state index in [4.69, 9.17) is 4.74 Å². The molecule has 0 saturated heterocycles. The van der Waals surface area contributed by atoms with E-state index in [1.165, 1.54) is 13.4 Å². The van der Waals surface area contributed by atoms with Crippen molar-refractivity contribution in [3.05, 3.63) is 54.9 Å². The van der Waals surface area contributed by atoms with Gasteiger partial charge in [-0.15, -0.1) is 0 Å². The molecule has 8 heteroatoms. The number of rotatable bonds is 5. The molecule has 3 aromatic heterocycles. The van der Waals surface area contributed by atoms with Crippen LogP contribution in [0.5, 0.6) is 5.88 Å². The van der Waals surface area contributed by atoms with Crippen molar-refractivity contribution < 1.29 is 9.53 Å². The second-order valence-corrected chi connectivity index (χ2v) is 6.85. The van der Waals surface area contributed by atoms with Crippen LogP contribution in [-0.4, -0.2) is 43.8 Å². The molecule has 0 atom stereocenters. The molecule has 144 valence electrons. The van der Waals surface area contributed by atoms with Crippen LogP contribution in [0.4, 0.5) is 0 Å². The Labute approximate surface area is 163 Å². The summed E-state index contributed by atoms with van der Waals surface area (Å²) in [6, 6.07) is 7.54. The summed E-state index contributed by atoms with van der Waals surface area (Å²) in [4.78, 5) is 24.8. The topological polar surface area (TPSA) is 94.8 Å². The van der Waals surface area contributed by atoms with Gasteiger partial charge in [0.1, 0.15) is 12.0 Å². The van der Waals surface area contributed by atoms with Crippen molar-refractivity contribution in [2.24, 2.45) is 0 Å². The molecule has 0 spiro atoms. The van der Waals surface area contributed by atoms with Crippen molar-refractivity contribution in [2.45, 2.75) is 37.8 Å². The fourth-order valence-electron chi connectivity index (χ4n) is 3.53. The number of carbonyl (C=O) groups excluding carboxylic acids is 1. The van der Waals surface area contributed by atoms with Crippen molar-refractivity contribution >= 4 is 5.91 Å². The van der Waals surface area contributed by atoms with E-state index < -0.39 is 0 Å². The van der Waals surface area contributed by atoms with E-state index in [9.17, 15) is 4.79 Å². The molecular weight excluding hydrogens is 356 g/mol. The number of pyridine rings is 1. The van der Waals surface area contributed by atoms with E-state index in [1.807, 2.05) is 23.1 Å². The Hall–Kier alpha value is -3.29. The molecule has 1 aliphatic rings. The average molecular weight is 378 g/mol. The highest BCUT2D eigenvalue weighted by molar-refractivity contribution is 5.92. The minimum Gasteiger partial charge on any atom is -0.481 e. The van der Waals surface area contributed by atoms with Gasteiger partial charge in [0.15, 0.2) is 0 Å². The molecule has 28 heavy (non-hydrogen) atoms. The van der Waals surface area contributed by atoms with Crippen LogP contribution in [-0.2, 0) is 0 Å². The van der Waals surface area contributed by atoms with Crippen LogP contribution in [0.15, 0.2) is 49.2 Å². The van der Waals surface area contributed by atoms with Crippen LogP contribution < -0.4 is 10.1 Å². The summed E-state index contributed by atoms with van der Waals surface area (Å²) in [5.74, 6) is 0.280. The summed E-state index contributed by atoms with van der Waals surface area (Å²) in [6.45, 7) is 0. The van der Waals surface area contributed by atoms with Gasteiger partial charge in [-0.1, -0.05) is 6.07 Å².